The van der Waals surface area contributed by atoms with E-state index in [2.05, 4.69) is 15.2 Å². The topological polar surface area (TPSA) is 63.7 Å². The number of carbonyl (C=O) groups is 1. The van der Waals surface area contributed by atoms with Gasteiger partial charge in [0.1, 0.15) is 18.2 Å². The maximum Gasteiger partial charge on any atom is 0.250 e. The summed E-state index contributed by atoms with van der Waals surface area (Å²) >= 11 is 0. The molecule has 0 radical (unpaired) electrons. The zero-order chi connectivity index (χ0) is 17.8. The molecule has 6 heteroatoms. The van der Waals surface area contributed by atoms with Crippen LogP contribution in [0.4, 0.5) is 5.82 Å². The highest BCUT2D eigenvalue weighted by Crippen LogP contribution is 2.26. The van der Waals surface area contributed by atoms with E-state index in [1.165, 1.54) is 0 Å². The predicted molar refractivity (Wildman–Crippen MR) is 99.0 cm³/mol. The van der Waals surface area contributed by atoms with Gasteiger partial charge >= 0.3 is 0 Å². The van der Waals surface area contributed by atoms with Gasteiger partial charge in [0.05, 0.1) is 18.8 Å². The summed E-state index contributed by atoms with van der Waals surface area (Å²) in [5, 5.41) is 2.99. The fourth-order valence-electron chi connectivity index (χ4n) is 3.16. The largest absolute Gasteiger partial charge is 0.488 e. The summed E-state index contributed by atoms with van der Waals surface area (Å²) in [6.07, 6.45) is 3.67. The number of carbonyl (C=O) groups excluding carboxylic acids is 1. The Morgan fingerprint density at radius 3 is 2.88 bits per heavy atom. The Hall–Kier alpha value is -2.86. The van der Waals surface area contributed by atoms with E-state index < -0.39 is 0 Å². The first-order valence-electron chi connectivity index (χ1n) is 8.78. The number of benzene rings is 1. The Labute approximate surface area is 152 Å². The van der Waals surface area contributed by atoms with E-state index >= 15 is 0 Å². The first-order valence-corrected chi connectivity index (χ1v) is 8.78. The molecule has 1 N–H and O–H groups in total. The molecule has 134 valence electrons. The third kappa shape index (κ3) is 3.55. The molecule has 1 aromatic heterocycles. The molecule has 2 aliphatic heterocycles. The van der Waals surface area contributed by atoms with Gasteiger partial charge < -0.3 is 19.7 Å². The van der Waals surface area contributed by atoms with E-state index in [1.807, 2.05) is 42.5 Å². The lowest BCUT2D eigenvalue weighted by molar-refractivity contribution is -0.117. The average molecular weight is 351 g/mol. The molecule has 2 aromatic rings. The zero-order valence-electron chi connectivity index (χ0n) is 14.5. The fraction of sp³-hybridized carbons (Fsp3) is 0.300. The molecule has 0 spiro atoms. The molecule has 6 nitrogen and oxygen atoms in total. The Balaban J connectivity index is 1.45. The van der Waals surface area contributed by atoms with Gasteiger partial charge in [0.15, 0.2) is 0 Å². The van der Waals surface area contributed by atoms with Gasteiger partial charge in [-0.3, -0.25) is 4.79 Å². The van der Waals surface area contributed by atoms with Crippen LogP contribution in [0.2, 0.25) is 0 Å². The lowest BCUT2D eigenvalue weighted by Crippen LogP contribution is -2.38. The minimum atomic E-state index is -0.115. The van der Waals surface area contributed by atoms with Crippen LogP contribution in [0, 0.1) is 0 Å². The molecule has 0 aliphatic carbocycles. The Kier molecular flexibility index (Phi) is 4.84. The molecular formula is C20H21N3O3. The quantitative estimate of drug-likeness (QED) is 0.913. The van der Waals surface area contributed by atoms with Gasteiger partial charge in [-0.1, -0.05) is 24.3 Å². The Bertz CT molecular complexity index is 829. The second-order valence-corrected chi connectivity index (χ2v) is 6.26. The van der Waals surface area contributed by atoms with Crippen LogP contribution in [-0.4, -0.2) is 43.8 Å². The van der Waals surface area contributed by atoms with Crippen molar-refractivity contribution in [1.82, 2.24) is 10.3 Å². The smallest absolute Gasteiger partial charge is 0.250 e. The summed E-state index contributed by atoms with van der Waals surface area (Å²) in [7, 11) is 0. The number of amides is 1. The number of ether oxygens (including phenoxy) is 2. The van der Waals surface area contributed by atoms with Crippen molar-refractivity contribution in [3.63, 3.8) is 0 Å². The van der Waals surface area contributed by atoms with Crippen molar-refractivity contribution in [1.29, 1.82) is 0 Å². The predicted octanol–water partition coefficient (Wildman–Crippen LogP) is 2.01. The van der Waals surface area contributed by atoms with E-state index in [4.69, 9.17) is 9.47 Å². The standard InChI is InChI=1S/C20H21N3O3/c24-20(17-12-15-4-1-2-6-18(15)26-14-17)22-13-16-5-3-7-21-19(16)23-8-10-25-11-9-23/h1-7,12H,8-11,13-14H2,(H,22,24). The first-order chi connectivity index (χ1) is 12.8. The van der Waals surface area contributed by atoms with Crippen molar-refractivity contribution in [2.24, 2.45) is 0 Å². The molecule has 1 saturated heterocycles. The van der Waals surface area contributed by atoms with Gasteiger partial charge in [0, 0.05) is 37.0 Å². The SMILES string of the molecule is O=C(NCc1cccnc1N1CCOCC1)C1=Cc2ccccc2OC1. The second kappa shape index (κ2) is 7.58. The third-order valence-electron chi connectivity index (χ3n) is 4.54. The zero-order valence-corrected chi connectivity index (χ0v) is 14.5. The van der Waals surface area contributed by atoms with Crippen molar-refractivity contribution in [3.8, 4) is 5.75 Å². The number of hydrogen-bond donors (Lipinski definition) is 1. The molecule has 0 bridgehead atoms. The molecule has 0 unspecified atom stereocenters. The van der Waals surface area contributed by atoms with Crippen LogP contribution in [-0.2, 0) is 16.1 Å². The van der Waals surface area contributed by atoms with Crippen molar-refractivity contribution in [3.05, 3.63) is 59.3 Å². The normalized spacial score (nSPS) is 16.3. The van der Waals surface area contributed by atoms with E-state index in [9.17, 15) is 4.79 Å². The van der Waals surface area contributed by atoms with Crippen molar-refractivity contribution < 1.29 is 14.3 Å². The molecule has 0 atom stereocenters. The van der Waals surface area contributed by atoms with Gasteiger partial charge in [-0.25, -0.2) is 4.98 Å². The van der Waals surface area contributed by atoms with Crippen LogP contribution >= 0.6 is 0 Å². The molecule has 2 aliphatic rings. The van der Waals surface area contributed by atoms with E-state index in [0.717, 1.165) is 35.8 Å². The van der Waals surface area contributed by atoms with Crippen molar-refractivity contribution in [2.45, 2.75) is 6.54 Å². The van der Waals surface area contributed by atoms with Gasteiger partial charge in [0.25, 0.3) is 5.91 Å². The molecular weight excluding hydrogens is 330 g/mol. The van der Waals surface area contributed by atoms with Crippen LogP contribution in [0.3, 0.4) is 0 Å². The van der Waals surface area contributed by atoms with Gasteiger partial charge in [-0.15, -0.1) is 0 Å². The van der Waals surface area contributed by atoms with Gasteiger partial charge in [-0.05, 0) is 18.2 Å². The molecule has 4 rings (SSSR count). The van der Waals surface area contributed by atoms with E-state index in [-0.39, 0.29) is 12.5 Å². The number of pyridine rings is 1. The Morgan fingerprint density at radius 1 is 1.15 bits per heavy atom. The van der Waals surface area contributed by atoms with E-state index in [1.54, 1.807) is 6.20 Å². The van der Waals surface area contributed by atoms with Gasteiger partial charge in [-0.2, -0.15) is 0 Å². The highest BCUT2D eigenvalue weighted by Gasteiger charge is 2.19. The number of para-hydroxylation sites is 1. The summed E-state index contributed by atoms with van der Waals surface area (Å²) in [5.41, 5.74) is 2.56. The molecule has 0 saturated carbocycles. The lowest BCUT2D eigenvalue weighted by atomic mass is 10.1. The van der Waals surface area contributed by atoms with Crippen molar-refractivity contribution >= 4 is 17.8 Å². The van der Waals surface area contributed by atoms with Crippen LogP contribution in [0.15, 0.2) is 48.2 Å². The number of morpholine rings is 1. The fourth-order valence-corrected chi connectivity index (χ4v) is 3.16. The van der Waals surface area contributed by atoms with Crippen molar-refractivity contribution in [2.75, 3.05) is 37.8 Å². The highest BCUT2D eigenvalue weighted by molar-refractivity contribution is 5.99. The highest BCUT2D eigenvalue weighted by atomic mass is 16.5. The molecule has 26 heavy (non-hydrogen) atoms. The first kappa shape index (κ1) is 16.6. The van der Waals surface area contributed by atoms with E-state index in [0.29, 0.717) is 25.3 Å². The maximum absolute atomic E-state index is 12.6. The number of rotatable bonds is 4. The number of hydrogen-bond acceptors (Lipinski definition) is 5. The summed E-state index contributed by atoms with van der Waals surface area (Å²) in [6.45, 7) is 3.74. The maximum atomic E-state index is 12.6. The minimum absolute atomic E-state index is 0.115. The number of nitrogens with one attached hydrogen (secondary N) is 1. The number of aromatic nitrogens is 1. The molecule has 1 fully saturated rings. The van der Waals surface area contributed by atoms with Crippen LogP contribution < -0.4 is 15.0 Å². The summed E-state index contributed by atoms with van der Waals surface area (Å²) < 4.78 is 11.1. The third-order valence-corrected chi connectivity index (χ3v) is 4.54. The van der Waals surface area contributed by atoms with Crippen LogP contribution in [0.5, 0.6) is 5.75 Å². The minimum Gasteiger partial charge on any atom is -0.488 e. The lowest BCUT2D eigenvalue weighted by Gasteiger charge is -2.29. The van der Waals surface area contributed by atoms with Gasteiger partial charge in [0.2, 0.25) is 0 Å². The average Bonchev–Trinajstić information content (AvgIpc) is 2.72. The summed E-state index contributed by atoms with van der Waals surface area (Å²) in [6, 6.07) is 11.6. The molecule has 1 amide bonds. The molecule has 1 aromatic carbocycles. The second-order valence-electron chi connectivity index (χ2n) is 6.26. The monoisotopic (exact) mass is 351 g/mol. The van der Waals surface area contributed by atoms with Crippen LogP contribution in [0.25, 0.3) is 6.08 Å². The summed E-state index contributed by atoms with van der Waals surface area (Å²) in [5.74, 6) is 1.61. The number of anilines is 1. The number of nitrogens with zero attached hydrogens (tertiary/aromatic N) is 2. The number of fused-ring (bicyclic) bond motifs is 1. The molecule has 3 heterocycles. The van der Waals surface area contributed by atoms with Crippen LogP contribution in [0.1, 0.15) is 11.1 Å². The Morgan fingerprint density at radius 2 is 2.00 bits per heavy atom. The summed E-state index contributed by atoms with van der Waals surface area (Å²) in [4.78, 5) is 19.3.